The van der Waals surface area contributed by atoms with Crippen molar-refractivity contribution in [2.45, 2.75) is 60.2 Å². The zero-order chi connectivity index (χ0) is 23.5. The third-order valence-corrected chi connectivity index (χ3v) is 4.72. The van der Waals surface area contributed by atoms with Crippen LogP contribution in [0, 0.1) is 13.8 Å². The second-order valence-corrected chi connectivity index (χ2v) is 9.21. The van der Waals surface area contributed by atoms with E-state index in [1.807, 2.05) is 90.9 Å². The number of nitrogens with one attached hydrogen (secondary N) is 1. The van der Waals surface area contributed by atoms with Crippen LogP contribution in [0.15, 0.2) is 54.7 Å². The summed E-state index contributed by atoms with van der Waals surface area (Å²) in [6.45, 7) is 13.6. The van der Waals surface area contributed by atoms with Gasteiger partial charge < -0.3 is 14.8 Å². The molecular formula is C27H32N2O3. The van der Waals surface area contributed by atoms with Crippen LogP contribution in [0.1, 0.15) is 56.1 Å². The van der Waals surface area contributed by atoms with Gasteiger partial charge in [0.05, 0.1) is 34.9 Å². The monoisotopic (exact) mass is 432 g/mol. The highest BCUT2D eigenvalue weighted by atomic mass is 16.6. The molecule has 168 valence electrons. The maximum absolute atomic E-state index is 12.7. The Kier molecular flexibility index (Phi) is 6.87. The highest BCUT2D eigenvalue weighted by molar-refractivity contribution is 5.97. The Morgan fingerprint density at radius 1 is 1.00 bits per heavy atom. The van der Waals surface area contributed by atoms with Crippen LogP contribution < -0.4 is 10.1 Å². The van der Waals surface area contributed by atoms with Gasteiger partial charge in [0, 0.05) is 5.56 Å². The number of esters is 1. The number of anilines is 2. The Morgan fingerprint density at radius 3 is 2.38 bits per heavy atom. The molecular weight excluding hydrogens is 400 g/mol. The van der Waals surface area contributed by atoms with Gasteiger partial charge in [0.15, 0.2) is 0 Å². The van der Waals surface area contributed by atoms with Gasteiger partial charge in [0.25, 0.3) is 0 Å². The standard InChI is InChI=1S/C27H32N2O3/c1-17(2)31-22-12-9-11-20(15-22)24-19(4)14-21(16-28-24)29-25-18(3)10-8-13-23(25)26(30)32-27(5,6)7/h8-17,29H,1-7H3. The van der Waals surface area contributed by atoms with Crippen LogP contribution in [0.25, 0.3) is 11.3 Å². The number of aromatic nitrogens is 1. The lowest BCUT2D eigenvalue weighted by atomic mass is 10.0. The summed E-state index contributed by atoms with van der Waals surface area (Å²) in [5.41, 5.74) is 5.33. The van der Waals surface area contributed by atoms with Gasteiger partial charge in [-0.25, -0.2) is 4.79 Å². The predicted octanol–water partition coefficient (Wildman–Crippen LogP) is 6.85. The minimum Gasteiger partial charge on any atom is -0.491 e. The van der Waals surface area contributed by atoms with E-state index in [4.69, 9.17) is 14.5 Å². The zero-order valence-electron chi connectivity index (χ0n) is 19.9. The average Bonchev–Trinajstić information content (AvgIpc) is 2.68. The van der Waals surface area contributed by atoms with Crippen molar-refractivity contribution < 1.29 is 14.3 Å². The number of hydrogen-bond donors (Lipinski definition) is 1. The second-order valence-electron chi connectivity index (χ2n) is 9.21. The van der Waals surface area contributed by atoms with Crippen molar-refractivity contribution in [1.82, 2.24) is 4.98 Å². The predicted molar refractivity (Wildman–Crippen MR) is 130 cm³/mol. The maximum Gasteiger partial charge on any atom is 0.340 e. The van der Waals surface area contributed by atoms with Crippen molar-refractivity contribution in [1.29, 1.82) is 0 Å². The molecule has 0 saturated heterocycles. The summed E-state index contributed by atoms with van der Waals surface area (Å²) in [5, 5.41) is 3.38. The van der Waals surface area contributed by atoms with Crippen molar-refractivity contribution in [3.05, 3.63) is 71.4 Å². The van der Waals surface area contributed by atoms with Gasteiger partial charge >= 0.3 is 5.97 Å². The molecule has 1 aromatic heterocycles. The number of carbonyl (C=O) groups is 1. The van der Waals surface area contributed by atoms with Crippen LogP contribution in [0.4, 0.5) is 11.4 Å². The molecule has 1 N–H and O–H groups in total. The van der Waals surface area contributed by atoms with E-state index in [2.05, 4.69) is 5.32 Å². The Bertz CT molecular complexity index is 1110. The maximum atomic E-state index is 12.7. The summed E-state index contributed by atoms with van der Waals surface area (Å²) in [6, 6.07) is 15.6. The van der Waals surface area contributed by atoms with Crippen LogP contribution in [-0.4, -0.2) is 22.7 Å². The largest absolute Gasteiger partial charge is 0.491 e. The first-order chi connectivity index (χ1) is 15.0. The van der Waals surface area contributed by atoms with Gasteiger partial charge in [-0.2, -0.15) is 0 Å². The molecule has 5 nitrogen and oxygen atoms in total. The number of aryl methyl sites for hydroxylation is 2. The van der Waals surface area contributed by atoms with E-state index in [1.165, 1.54) is 0 Å². The Morgan fingerprint density at radius 2 is 1.72 bits per heavy atom. The number of para-hydroxylation sites is 1. The van der Waals surface area contributed by atoms with Crippen molar-refractivity contribution >= 4 is 17.3 Å². The quantitative estimate of drug-likeness (QED) is 0.432. The first kappa shape index (κ1) is 23.3. The number of nitrogens with zero attached hydrogens (tertiary/aromatic N) is 1. The first-order valence-electron chi connectivity index (χ1n) is 10.9. The number of carbonyl (C=O) groups excluding carboxylic acids is 1. The van der Waals surface area contributed by atoms with Crippen LogP contribution >= 0.6 is 0 Å². The third kappa shape index (κ3) is 5.88. The van der Waals surface area contributed by atoms with Crippen molar-refractivity contribution in [3.8, 4) is 17.0 Å². The summed E-state index contributed by atoms with van der Waals surface area (Å²) in [6.07, 6.45) is 1.89. The zero-order valence-corrected chi connectivity index (χ0v) is 19.9. The highest BCUT2D eigenvalue weighted by Gasteiger charge is 2.21. The van der Waals surface area contributed by atoms with Gasteiger partial charge in [0.2, 0.25) is 0 Å². The smallest absolute Gasteiger partial charge is 0.340 e. The molecule has 0 atom stereocenters. The molecule has 3 rings (SSSR count). The number of hydrogen-bond acceptors (Lipinski definition) is 5. The number of benzene rings is 2. The minimum absolute atomic E-state index is 0.110. The molecule has 0 unspecified atom stereocenters. The number of rotatable bonds is 6. The topological polar surface area (TPSA) is 60.5 Å². The fourth-order valence-corrected chi connectivity index (χ4v) is 3.42. The fraction of sp³-hybridized carbons (Fsp3) is 0.333. The molecule has 0 fully saturated rings. The summed E-state index contributed by atoms with van der Waals surface area (Å²) in [7, 11) is 0. The molecule has 0 aliphatic rings. The van der Waals surface area contributed by atoms with Crippen LogP contribution in [0.2, 0.25) is 0 Å². The van der Waals surface area contributed by atoms with Gasteiger partial charge in [0.1, 0.15) is 11.4 Å². The molecule has 0 aliphatic carbocycles. The molecule has 0 radical (unpaired) electrons. The molecule has 3 aromatic rings. The molecule has 0 amide bonds. The summed E-state index contributed by atoms with van der Waals surface area (Å²) >= 11 is 0. The normalized spacial score (nSPS) is 11.4. The molecule has 32 heavy (non-hydrogen) atoms. The highest BCUT2D eigenvalue weighted by Crippen LogP contribution is 2.30. The van der Waals surface area contributed by atoms with E-state index >= 15 is 0 Å². The average molecular weight is 433 g/mol. The summed E-state index contributed by atoms with van der Waals surface area (Å²) in [4.78, 5) is 17.4. The van der Waals surface area contributed by atoms with E-state index in [9.17, 15) is 4.79 Å². The van der Waals surface area contributed by atoms with Crippen LogP contribution in [-0.2, 0) is 4.74 Å². The Labute approximate surface area is 190 Å². The lowest BCUT2D eigenvalue weighted by Crippen LogP contribution is -2.24. The summed E-state index contributed by atoms with van der Waals surface area (Å²) in [5.74, 6) is 0.467. The molecule has 2 aromatic carbocycles. The third-order valence-electron chi connectivity index (χ3n) is 4.72. The van der Waals surface area contributed by atoms with E-state index in [0.29, 0.717) is 5.56 Å². The molecule has 0 bridgehead atoms. The van der Waals surface area contributed by atoms with Gasteiger partial charge in [-0.05, 0) is 83.9 Å². The van der Waals surface area contributed by atoms with E-state index in [0.717, 1.165) is 39.5 Å². The molecule has 0 aliphatic heterocycles. The lowest BCUT2D eigenvalue weighted by Gasteiger charge is -2.21. The molecule has 0 spiro atoms. The number of pyridine rings is 1. The van der Waals surface area contributed by atoms with Crippen LogP contribution in [0.5, 0.6) is 5.75 Å². The van der Waals surface area contributed by atoms with Crippen molar-refractivity contribution in [2.75, 3.05) is 5.32 Å². The first-order valence-corrected chi connectivity index (χ1v) is 10.9. The van der Waals surface area contributed by atoms with Gasteiger partial charge in [-0.1, -0.05) is 24.3 Å². The Balaban J connectivity index is 1.89. The van der Waals surface area contributed by atoms with E-state index < -0.39 is 5.60 Å². The molecule has 1 heterocycles. The minimum atomic E-state index is -0.564. The van der Waals surface area contributed by atoms with Gasteiger partial charge in [-0.3, -0.25) is 4.98 Å². The van der Waals surface area contributed by atoms with E-state index in [1.54, 1.807) is 12.3 Å². The number of ether oxygens (including phenoxy) is 2. The second kappa shape index (κ2) is 9.43. The lowest BCUT2D eigenvalue weighted by molar-refractivity contribution is 0.00706. The Hall–Kier alpha value is -3.34. The summed E-state index contributed by atoms with van der Waals surface area (Å²) < 4.78 is 11.4. The SMILES string of the molecule is Cc1cc(Nc2c(C)cccc2C(=O)OC(C)(C)C)cnc1-c1cccc(OC(C)C)c1. The molecule has 0 saturated carbocycles. The van der Waals surface area contributed by atoms with Crippen LogP contribution in [0.3, 0.4) is 0 Å². The van der Waals surface area contributed by atoms with E-state index in [-0.39, 0.29) is 12.1 Å². The van der Waals surface area contributed by atoms with Crippen molar-refractivity contribution in [2.24, 2.45) is 0 Å². The molecule has 5 heteroatoms. The fourth-order valence-electron chi connectivity index (χ4n) is 3.42. The van der Waals surface area contributed by atoms with Crippen molar-refractivity contribution in [3.63, 3.8) is 0 Å². The van der Waals surface area contributed by atoms with Gasteiger partial charge in [-0.15, -0.1) is 0 Å².